The minimum absolute atomic E-state index is 0. The Morgan fingerprint density at radius 3 is 2.48 bits per heavy atom. The van der Waals surface area contributed by atoms with Gasteiger partial charge in [0.25, 0.3) is 0 Å². The van der Waals surface area contributed by atoms with Crippen molar-refractivity contribution in [1.29, 1.82) is 0 Å². The molecule has 3 aromatic carbocycles. The van der Waals surface area contributed by atoms with E-state index in [4.69, 9.17) is 31.3 Å². The molecule has 250 valence electrons. The highest BCUT2D eigenvalue weighted by Crippen LogP contribution is 2.46. The normalized spacial score (nSPS) is 24.8. The lowest BCUT2D eigenvalue weighted by atomic mass is 9.87. The van der Waals surface area contributed by atoms with Gasteiger partial charge in [0.2, 0.25) is 0 Å². The fourth-order valence-corrected chi connectivity index (χ4v) is 9.34. The van der Waals surface area contributed by atoms with Crippen LogP contribution in [0.2, 0.25) is 5.02 Å². The minimum atomic E-state index is -0.468. The van der Waals surface area contributed by atoms with Crippen LogP contribution in [0.1, 0.15) is 50.0 Å². The highest BCUT2D eigenvalue weighted by molar-refractivity contribution is 6.36. The van der Waals surface area contributed by atoms with Gasteiger partial charge in [-0.1, -0.05) is 72.3 Å². The third-order valence-corrected chi connectivity index (χ3v) is 11.5. The lowest BCUT2D eigenvalue weighted by molar-refractivity contribution is 0.107. The van der Waals surface area contributed by atoms with Gasteiger partial charge < -0.3 is 9.64 Å². The SMILES string of the molecule is Cl.Cl.Fc1c(-c2cccc3cccc(Cl)c23)ncc2c(N3CC4CCC(C4)C3)nc(OC[C@]34CCCN3C[C@H](c3ccccc3)C4)nc12. The van der Waals surface area contributed by atoms with E-state index in [1.54, 1.807) is 6.20 Å². The molecule has 0 N–H and O–H groups in total. The standard InChI is InChI=1S/C38H37ClFN5O.2ClH/c39-31-12-5-10-27-9-4-11-29(32(27)31)34-33(40)35-30(19-41-34)36(44-20-24-13-14-25(17-24)21-44)43-37(42-35)46-23-38-15-6-16-45(38)22-28(18-38)26-7-2-1-3-8-26;;/h1-5,7-12,19,24-25,28H,6,13-18,20-23H2;2*1H/t24?,25?,28-,38-;;/m1../s1. The number of hydrogen-bond donors (Lipinski definition) is 0. The predicted octanol–water partition coefficient (Wildman–Crippen LogP) is 9.12. The Morgan fingerprint density at radius 2 is 1.69 bits per heavy atom. The van der Waals surface area contributed by atoms with Crippen LogP contribution in [-0.4, -0.2) is 58.2 Å². The van der Waals surface area contributed by atoms with Gasteiger partial charge in [-0.2, -0.15) is 9.97 Å². The number of hydrogen-bond acceptors (Lipinski definition) is 6. The van der Waals surface area contributed by atoms with Gasteiger partial charge in [-0.25, -0.2) is 4.39 Å². The molecule has 10 heteroatoms. The van der Waals surface area contributed by atoms with E-state index < -0.39 is 5.82 Å². The molecule has 0 radical (unpaired) electrons. The van der Waals surface area contributed by atoms with Crippen molar-refractivity contribution >= 4 is 63.9 Å². The molecule has 2 unspecified atom stereocenters. The monoisotopic (exact) mass is 705 g/mol. The van der Waals surface area contributed by atoms with Crippen molar-refractivity contribution in [1.82, 2.24) is 19.9 Å². The number of pyridine rings is 1. The zero-order valence-corrected chi connectivity index (χ0v) is 29.0. The first-order chi connectivity index (χ1) is 22.5. The molecule has 3 aliphatic heterocycles. The van der Waals surface area contributed by atoms with Crippen molar-refractivity contribution in [3.05, 3.63) is 89.3 Å². The van der Waals surface area contributed by atoms with Crippen LogP contribution >= 0.6 is 36.4 Å². The van der Waals surface area contributed by atoms with Gasteiger partial charge in [-0.3, -0.25) is 9.88 Å². The second-order valence-electron chi connectivity index (χ2n) is 14.0. The molecule has 0 amide bonds. The van der Waals surface area contributed by atoms with Gasteiger partial charge in [-0.15, -0.1) is 24.8 Å². The van der Waals surface area contributed by atoms with Gasteiger partial charge in [0.15, 0.2) is 5.82 Å². The summed E-state index contributed by atoms with van der Waals surface area (Å²) in [5.74, 6) is 2.02. The van der Waals surface area contributed by atoms with Crippen molar-refractivity contribution in [2.45, 2.75) is 50.0 Å². The maximum Gasteiger partial charge on any atom is 0.319 e. The van der Waals surface area contributed by atoms with Crippen LogP contribution in [0, 0.1) is 17.7 Å². The minimum Gasteiger partial charge on any atom is -0.461 e. The van der Waals surface area contributed by atoms with Crippen LogP contribution < -0.4 is 9.64 Å². The molecule has 2 aromatic heterocycles. The summed E-state index contributed by atoms with van der Waals surface area (Å²) in [5, 5.41) is 2.92. The van der Waals surface area contributed by atoms with Gasteiger partial charge in [0, 0.05) is 41.8 Å². The maximum atomic E-state index is 16.8. The molecular formula is C38H39Cl3FN5O. The van der Waals surface area contributed by atoms with Crippen LogP contribution in [0.5, 0.6) is 6.01 Å². The van der Waals surface area contributed by atoms with E-state index in [0.29, 0.717) is 40.3 Å². The molecule has 5 heterocycles. The Hall–Kier alpha value is -3.23. The molecule has 4 aliphatic rings. The third-order valence-electron chi connectivity index (χ3n) is 11.2. The second kappa shape index (κ2) is 13.2. The van der Waals surface area contributed by atoms with Gasteiger partial charge >= 0.3 is 6.01 Å². The molecule has 1 saturated carbocycles. The van der Waals surface area contributed by atoms with E-state index in [1.165, 1.54) is 24.8 Å². The first-order valence-electron chi connectivity index (χ1n) is 16.8. The number of ether oxygens (including phenoxy) is 1. The fraction of sp³-hybridized carbons (Fsp3) is 0.395. The highest BCUT2D eigenvalue weighted by Gasteiger charge is 2.49. The topological polar surface area (TPSA) is 54.4 Å². The average molecular weight is 707 g/mol. The summed E-state index contributed by atoms with van der Waals surface area (Å²) in [4.78, 5) is 19.5. The Kier molecular flexibility index (Phi) is 9.18. The molecule has 3 saturated heterocycles. The van der Waals surface area contributed by atoms with E-state index in [-0.39, 0.29) is 47.6 Å². The van der Waals surface area contributed by atoms with Crippen LogP contribution in [0.4, 0.5) is 10.2 Å². The van der Waals surface area contributed by atoms with Crippen LogP contribution in [0.25, 0.3) is 32.9 Å². The summed E-state index contributed by atoms with van der Waals surface area (Å²) < 4.78 is 23.4. The molecule has 0 spiro atoms. The molecule has 4 atom stereocenters. The van der Waals surface area contributed by atoms with Crippen molar-refractivity contribution < 1.29 is 9.13 Å². The number of nitrogens with zero attached hydrogens (tertiary/aromatic N) is 5. The van der Waals surface area contributed by atoms with E-state index >= 15 is 4.39 Å². The van der Waals surface area contributed by atoms with Gasteiger partial charge in [-0.05, 0) is 79.8 Å². The first-order valence-corrected chi connectivity index (χ1v) is 17.1. The summed E-state index contributed by atoms with van der Waals surface area (Å²) in [7, 11) is 0. The van der Waals surface area contributed by atoms with Crippen molar-refractivity contribution in [2.24, 2.45) is 11.8 Å². The fourth-order valence-electron chi connectivity index (χ4n) is 9.06. The lowest BCUT2D eigenvalue weighted by Crippen LogP contribution is -2.43. The zero-order valence-electron chi connectivity index (χ0n) is 26.7. The lowest BCUT2D eigenvalue weighted by Gasteiger charge is -2.34. The molecular weight excluding hydrogens is 668 g/mol. The predicted molar refractivity (Wildman–Crippen MR) is 196 cm³/mol. The average Bonchev–Trinajstić information content (AvgIpc) is 3.75. The molecule has 4 fully saturated rings. The molecule has 2 bridgehead atoms. The van der Waals surface area contributed by atoms with E-state index in [0.717, 1.165) is 62.0 Å². The number of aromatic nitrogens is 3. The summed E-state index contributed by atoms with van der Waals surface area (Å²) in [6.45, 7) is 4.43. The van der Waals surface area contributed by atoms with Crippen molar-refractivity contribution in [3.63, 3.8) is 0 Å². The Labute approximate surface area is 297 Å². The number of fused-ring (bicyclic) bond motifs is 5. The smallest absolute Gasteiger partial charge is 0.319 e. The Bertz CT molecular complexity index is 1950. The third kappa shape index (κ3) is 5.67. The molecule has 1 aliphatic carbocycles. The van der Waals surface area contributed by atoms with Crippen molar-refractivity contribution in [2.75, 3.05) is 37.7 Å². The van der Waals surface area contributed by atoms with Crippen molar-refractivity contribution in [3.8, 4) is 17.3 Å². The summed E-state index contributed by atoms with van der Waals surface area (Å²) >= 11 is 6.66. The Morgan fingerprint density at radius 1 is 0.917 bits per heavy atom. The number of piperidine rings is 1. The molecule has 5 aromatic rings. The molecule has 9 rings (SSSR count). The van der Waals surface area contributed by atoms with E-state index in [9.17, 15) is 0 Å². The first kappa shape index (κ1) is 33.3. The number of rotatable bonds is 6. The summed E-state index contributed by atoms with van der Waals surface area (Å²) in [5.41, 5.74) is 2.46. The van der Waals surface area contributed by atoms with Gasteiger partial charge in [0.1, 0.15) is 23.6 Å². The molecule has 48 heavy (non-hydrogen) atoms. The Balaban J connectivity index is 0.00000182. The van der Waals surface area contributed by atoms with Crippen LogP contribution in [-0.2, 0) is 0 Å². The summed E-state index contributed by atoms with van der Waals surface area (Å²) in [6, 6.07) is 22.6. The largest absolute Gasteiger partial charge is 0.461 e. The van der Waals surface area contributed by atoms with Crippen LogP contribution in [0.3, 0.4) is 0 Å². The number of halogens is 4. The maximum absolute atomic E-state index is 16.8. The number of anilines is 1. The number of benzene rings is 3. The quantitative estimate of drug-likeness (QED) is 0.176. The van der Waals surface area contributed by atoms with Gasteiger partial charge in [0.05, 0.1) is 10.9 Å². The van der Waals surface area contributed by atoms with Crippen LogP contribution in [0.15, 0.2) is 72.9 Å². The van der Waals surface area contributed by atoms with E-state index in [2.05, 4.69) is 40.1 Å². The summed E-state index contributed by atoms with van der Waals surface area (Å²) in [6.07, 6.45) is 8.77. The molecule has 6 nitrogen and oxygen atoms in total. The zero-order chi connectivity index (χ0) is 30.8. The highest BCUT2D eigenvalue weighted by atomic mass is 35.5. The van der Waals surface area contributed by atoms with E-state index in [1.807, 2.05) is 36.4 Å². The second-order valence-corrected chi connectivity index (χ2v) is 14.4.